The number of epoxide rings is 2. The van der Waals surface area contributed by atoms with Crippen molar-refractivity contribution in [3.63, 3.8) is 0 Å². The van der Waals surface area contributed by atoms with Gasteiger partial charge in [-0.25, -0.2) is 0 Å². The third kappa shape index (κ3) is 3.21. The first-order chi connectivity index (χ1) is 9.88. The van der Waals surface area contributed by atoms with Crippen LogP contribution in [0.2, 0.25) is 0 Å². The van der Waals surface area contributed by atoms with Gasteiger partial charge in [-0.15, -0.1) is 0 Å². The number of hydrogen-bond donors (Lipinski definition) is 1. The van der Waals surface area contributed by atoms with E-state index in [1.54, 1.807) is 0 Å². The van der Waals surface area contributed by atoms with Crippen LogP contribution in [0.3, 0.4) is 0 Å². The predicted molar refractivity (Wildman–Crippen MR) is 73.3 cm³/mol. The lowest BCUT2D eigenvalue weighted by molar-refractivity contribution is 0.240. The molecule has 2 saturated heterocycles. The predicted octanol–water partition coefficient (Wildman–Crippen LogP) is 0.572. The molecule has 20 heavy (non-hydrogen) atoms. The number of aliphatic hydroxyl groups is 1. The maximum Gasteiger partial charge on any atom is 0.148 e. The van der Waals surface area contributed by atoms with Crippen molar-refractivity contribution in [3.8, 4) is 35.5 Å². The fraction of sp³-hybridized carbons (Fsp3) is 0.294. The molecule has 0 bridgehead atoms. The number of aliphatic hydroxyl groups excluding tert-OH is 1. The van der Waals surface area contributed by atoms with Crippen LogP contribution in [0.1, 0.15) is 5.56 Å². The van der Waals surface area contributed by atoms with E-state index in [2.05, 4.69) is 35.5 Å². The lowest BCUT2D eigenvalue weighted by Crippen LogP contribution is -2.07. The van der Waals surface area contributed by atoms with E-state index in [1.165, 1.54) is 0 Å². The first kappa shape index (κ1) is 12.8. The minimum Gasteiger partial charge on any atom is -0.394 e. The molecule has 0 spiro atoms. The van der Waals surface area contributed by atoms with Gasteiger partial charge in [-0.3, -0.25) is 0 Å². The molecule has 3 nitrogen and oxygen atoms in total. The highest BCUT2D eigenvalue weighted by atomic mass is 16.7. The number of ether oxygens (including phenoxy) is 2. The molecule has 3 rings (SSSR count). The van der Waals surface area contributed by atoms with Gasteiger partial charge in [0.1, 0.15) is 24.4 Å². The van der Waals surface area contributed by atoms with Gasteiger partial charge in [-0.1, -0.05) is 30.0 Å². The summed E-state index contributed by atoms with van der Waals surface area (Å²) in [5.41, 5.74) is 0.932. The fourth-order valence-electron chi connectivity index (χ4n) is 1.88. The Morgan fingerprint density at radius 1 is 0.950 bits per heavy atom. The van der Waals surface area contributed by atoms with Crippen LogP contribution in [0, 0.1) is 35.5 Å². The summed E-state index contributed by atoms with van der Waals surface area (Å²) in [4.78, 5) is 0. The standard InChI is InChI=1S/C17H12O3/c18-12-15-17(20-15)16-14(19-16)11-7-2-1-4-8-13-9-5-3-6-10-13/h3,5-6,9-10,14-18H,12H2/t14?,15-,16?,17+/m1/s1. The maximum absolute atomic E-state index is 8.85. The largest absolute Gasteiger partial charge is 0.394 e. The van der Waals surface area contributed by atoms with Gasteiger partial charge >= 0.3 is 0 Å². The first-order valence-corrected chi connectivity index (χ1v) is 6.37. The zero-order chi connectivity index (χ0) is 13.8. The SMILES string of the molecule is OC[C@H]1O[C@@H]1C1OC1C#CC#CC#Cc1ccccc1. The molecule has 0 aliphatic carbocycles. The molecule has 2 heterocycles. The van der Waals surface area contributed by atoms with Crippen molar-refractivity contribution in [3.05, 3.63) is 35.9 Å². The Morgan fingerprint density at radius 2 is 1.75 bits per heavy atom. The van der Waals surface area contributed by atoms with E-state index in [0.717, 1.165) is 5.56 Å². The molecule has 1 N–H and O–H groups in total. The van der Waals surface area contributed by atoms with Crippen LogP contribution in [-0.2, 0) is 9.47 Å². The lowest BCUT2D eigenvalue weighted by atomic mass is 10.2. The van der Waals surface area contributed by atoms with Crippen LogP contribution in [0.5, 0.6) is 0 Å². The summed E-state index contributed by atoms with van der Waals surface area (Å²) < 4.78 is 10.5. The summed E-state index contributed by atoms with van der Waals surface area (Å²) in [5.74, 6) is 16.7. The molecule has 0 aromatic heterocycles. The van der Waals surface area contributed by atoms with Crippen molar-refractivity contribution in [1.82, 2.24) is 0 Å². The minimum absolute atomic E-state index is 0.00291. The fourth-order valence-corrected chi connectivity index (χ4v) is 1.88. The Bertz CT molecular complexity index is 661. The molecular formula is C17H12O3. The third-order valence-corrected chi connectivity index (χ3v) is 3.03. The molecule has 4 atom stereocenters. The van der Waals surface area contributed by atoms with Gasteiger partial charge < -0.3 is 14.6 Å². The van der Waals surface area contributed by atoms with Gasteiger partial charge in [0.25, 0.3) is 0 Å². The molecule has 1 aromatic rings. The van der Waals surface area contributed by atoms with E-state index >= 15 is 0 Å². The zero-order valence-electron chi connectivity index (χ0n) is 10.7. The molecule has 1 aromatic carbocycles. The molecule has 0 radical (unpaired) electrons. The minimum atomic E-state index is -0.118. The zero-order valence-corrected chi connectivity index (χ0v) is 10.7. The Morgan fingerprint density at radius 3 is 2.50 bits per heavy atom. The second-order valence-electron chi connectivity index (χ2n) is 4.48. The smallest absolute Gasteiger partial charge is 0.148 e. The van der Waals surface area contributed by atoms with Crippen LogP contribution in [0.25, 0.3) is 0 Å². The molecule has 0 amide bonds. The molecular weight excluding hydrogens is 252 g/mol. The van der Waals surface area contributed by atoms with Crippen molar-refractivity contribution in [2.75, 3.05) is 6.61 Å². The number of hydrogen-bond acceptors (Lipinski definition) is 3. The van der Waals surface area contributed by atoms with Crippen molar-refractivity contribution < 1.29 is 14.6 Å². The van der Waals surface area contributed by atoms with Gasteiger partial charge in [0, 0.05) is 5.56 Å². The van der Waals surface area contributed by atoms with E-state index in [1.807, 2.05) is 30.3 Å². The summed E-state index contributed by atoms with van der Waals surface area (Å²) >= 11 is 0. The average molecular weight is 264 g/mol. The highest BCUT2D eigenvalue weighted by Crippen LogP contribution is 2.37. The summed E-state index contributed by atoms with van der Waals surface area (Å²) in [6.45, 7) is 0.0412. The van der Waals surface area contributed by atoms with E-state index in [9.17, 15) is 0 Å². The first-order valence-electron chi connectivity index (χ1n) is 6.37. The Balaban J connectivity index is 1.47. The van der Waals surface area contributed by atoms with Crippen LogP contribution in [0.4, 0.5) is 0 Å². The second-order valence-corrected chi connectivity index (χ2v) is 4.48. The number of benzene rings is 1. The topological polar surface area (TPSA) is 45.3 Å². The van der Waals surface area contributed by atoms with Gasteiger partial charge in [0.15, 0.2) is 0 Å². The molecule has 2 fully saturated rings. The lowest BCUT2D eigenvalue weighted by Gasteiger charge is -1.83. The van der Waals surface area contributed by atoms with Crippen LogP contribution in [-0.4, -0.2) is 36.1 Å². The van der Waals surface area contributed by atoms with Crippen LogP contribution in [0.15, 0.2) is 30.3 Å². The molecule has 98 valence electrons. The van der Waals surface area contributed by atoms with Crippen molar-refractivity contribution in [1.29, 1.82) is 0 Å². The Labute approximate surface area is 117 Å². The molecule has 2 aliphatic rings. The van der Waals surface area contributed by atoms with Crippen LogP contribution >= 0.6 is 0 Å². The van der Waals surface area contributed by atoms with E-state index in [0.29, 0.717) is 0 Å². The van der Waals surface area contributed by atoms with Gasteiger partial charge in [-0.05, 0) is 35.8 Å². The molecule has 0 saturated carbocycles. The molecule has 2 unspecified atom stereocenters. The summed E-state index contributed by atoms with van der Waals surface area (Å²) in [5, 5.41) is 8.85. The van der Waals surface area contributed by atoms with Crippen molar-refractivity contribution in [2.24, 2.45) is 0 Å². The Kier molecular flexibility index (Phi) is 3.73. The van der Waals surface area contributed by atoms with E-state index in [-0.39, 0.29) is 31.0 Å². The van der Waals surface area contributed by atoms with Crippen molar-refractivity contribution in [2.45, 2.75) is 24.4 Å². The average Bonchev–Trinajstić information content (AvgIpc) is 3.36. The summed E-state index contributed by atoms with van der Waals surface area (Å²) in [6.07, 6.45) is -0.190. The summed E-state index contributed by atoms with van der Waals surface area (Å²) in [6, 6.07) is 9.66. The molecule has 3 heteroatoms. The normalized spacial score (nSPS) is 28.9. The highest BCUT2D eigenvalue weighted by molar-refractivity contribution is 5.43. The monoisotopic (exact) mass is 264 g/mol. The maximum atomic E-state index is 8.85. The third-order valence-electron chi connectivity index (χ3n) is 3.03. The molecule has 2 aliphatic heterocycles. The van der Waals surface area contributed by atoms with E-state index in [4.69, 9.17) is 14.6 Å². The Hall–Kier alpha value is -2.22. The van der Waals surface area contributed by atoms with Crippen LogP contribution < -0.4 is 0 Å². The number of rotatable bonds is 2. The van der Waals surface area contributed by atoms with Gasteiger partial charge in [-0.2, -0.15) is 0 Å². The second kappa shape index (κ2) is 5.83. The quantitative estimate of drug-likeness (QED) is 0.627. The summed E-state index contributed by atoms with van der Waals surface area (Å²) in [7, 11) is 0. The highest BCUT2D eigenvalue weighted by Gasteiger charge is 2.56. The van der Waals surface area contributed by atoms with Gasteiger partial charge in [0.05, 0.1) is 6.61 Å². The van der Waals surface area contributed by atoms with Crippen molar-refractivity contribution >= 4 is 0 Å². The van der Waals surface area contributed by atoms with E-state index < -0.39 is 0 Å². The van der Waals surface area contributed by atoms with Gasteiger partial charge in [0.2, 0.25) is 0 Å².